The number of ketones is 1. The molecule has 36 heavy (non-hydrogen) atoms. The van der Waals surface area contributed by atoms with Crippen molar-refractivity contribution >= 4 is 22.4 Å². The predicted molar refractivity (Wildman–Crippen MR) is 138 cm³/mol. The first-order valence-corrected chi connectivity index (χ1v) is 12.3. The monoisotopic (exact) mass is 484 g/mol. The summed E-state index contributed by atoms with van der Waals surface area (Å²) in [5, 5.41) is 15.5. The van der Waals surface area contributed by atoms with E-state index in [-0.39, 0.29) is 24.1 Å². The summed E-state index contributed by atoms with van der Waals surface area (Å²) in [5.41, 5.74) is 3.38. The molecule has 0 aliphatic heterocycles. The first kappa shape index (κ1) is 23.8. The number of ether oxygens (including phenoxy) is 1. The lowest BCUT2D eigenvalue weighted by Crippen LogP contribution is -2.29. The van der Waals surface area contributed by atoms with Gasteiger partial charge >= 0.3 is 0 Å². The van der Waals surface area contributed by atoms with Gasteiger partial charge in [-0.05, 0) is 30.9 Å². The number of benzene rings is 3. The summed E-state index contributed by atoms with van der Waals surface area (Å²) in [5.74, 6) is 1.61. The number of hydrogen-bond donors (Lipinski definition) is 1. The molecule has 0 bridgehead atoms. The first-order chi connectivity index (χ1) is 17.6. The van der Waals surface area contributed by atoms with Gasteiger partial charge in [-0.2, -0.15) is 0 Å². The Morgan fingerprint density at radius 2 is 1.83 bits per heavy atom. The van der Waals surface area contributed by atoms with Gasteiger partial charge < -0.3 is 14.5 Å². The minimum Gasteiger partial charge on any atom is -0.490 e. The van der Waals surface area contributed by atoms with E-state index in [9.17, 15) is 14.9 Å². The van der Waals surface area contributed by atoms with E-state index in [1.807, 2.05) is 42.5 Å². The van der Waals surface area contributed by atoms with E-state index in [0.717, 1.165) is 47.3 Å². The van der Waals surface area contributed by atoms with Gasteiger partial charge in [-0.15, -0.1) is 0 Å². The molecule has 7 heteroatoms. The van der Waals surface area contributed by atoms with E-state index in [1.165, 1.54) is 30.2 Å². The number of nitrogens with one attached hydrogen (secondary N) is 1. The molecule has 4 aromatic rings. The topological polar surface area (TPSA) is 94.6 Å². The molecule has 1 aliphatic rings. The average Bonchev–Trinajstić information content (AvgIpc) is 3.30. The van der Waals surface area contributed by atoms with E-state index in [4.69, 9.17) is 9.15 Å². The summed E-state index contributed by atoms with van der Waals surface area (Å²) in [7, 11) is 0. The number of rotatable bonds is 10. The van der Waals surface area contributed by atoms with E-state index in [2.05, 4.69) is 11.4 Å². The Morgan fingerprint density at radius 3 is 2.67 bits per heavy atom. The highest BCUT2D eigenvalue weighted by atomic mass is 16.6. The van der Waals surface area contributed by atoms with Crippen LogP contribution >= 0.6 is 0 Å². The van der Waals surface area contributed by atoms with Gasteiger partial charge in [-0.1, -0.05) is 54.6 Å². The van der Waals surface area contributed by atoms with Crippen molar-refractivity contribution < 1.29 is 18.9 Å². The lowest BCUT2D eigenvalue weighted by molar-refractivity contribution is -0.384. The van der Waals surface area contributed by atoms with Crippen molar-refractivity contribution in [1.29, 1.82) is 0 Å². The van der Waals surface area contributed by atoms with Crippen LogP contribution in [0.5, 0.6) is 5.75 Å². The van der Waals surface area contributed by atoms with E-state index >= 15 is 0 Å². The third-order valence-corrected chi connectivity index (χ3v) is 6.70. The normalized spacial score (nSPS) is 13.8. The molecule has 184 valence electrons. The molecule has 1 N–H and O–H groups in total. The molecule has 1 unspecified atom stereocenters. The number of carbonyl (C=O) groups is 1. The summed E-state index contributed by atoms with van der Waals surface area (Å²) in [6, 6.07) is 21.6. The Labute approximate surface area is 209 Å². The summed E-state index contributed by atoms with van der Waals surface area (Å²) in [4.78, 5) is 23.3. The van der Waals surface area contributed by atoms with Crippen LogP contribution in [0, 0.1) is 10.1 Å². The lowest BCUT2D eigenvalue weighted by atomic mass is 9.96. The third kappa shape index (κ3) is 5.16. The van der Waals surface area contributed by atoms with Crippen LogP contribution in [0.15, 0.2) is 77.2 Å². The fourth-order valence-electron chi connectivity index (χ4n) is 4.84. The predicted octanol–water partition coefficient (Wildman–Crippen LogP) is 6.20. The maximum atomic E-state index is 12.8. The summed E-state index contributed by atoms with van der Waals surface area (Å²) >= 11 is 0. The minimum atomic E-state index is -0.496. The molecule has 0 saturated carbocycles. The van der Waals surface area contributed by atoms with Crippen LogP contribution in [-0.2, 0) is 12.8 Å². The van der Waals surface area contributed by atoms with Gasteiger partial charge in [0, 0.05) is 47.5 Å². The van der Waals surface area contributed by atoms with Crippen molar-refractivity contribution in [3.63, 3.8) is 0 Å². The highest BCUT2D eigenvalue weighted by Crippen LogP contribution is 2.36. The molecule has 0 radical (unpaired) electrons. The van der Waals surface area contributed by atoms with Crippen LogP contribution in [0.1, 0.15) is 52.5 Å². The Hall–Kier alpha value is -3.97. The average molecular weight is 485 g/mol. The second-order valence-corrected chi connectivity index (χ2v) is 9.06. The number of fused-ring (bicyclic) bond motifs is 3. The maximum Gasteiger partial charge on any atom is 0.270 e. The SMILES string of the molecule is O=C(CNC(CCOc1cccc2c3c(oc12)CCCC3)c1ccccc1)c1cccc([N+](=O)[O-])c1. The van der Waals surface area contributed by atoms with Crippen LogP contribution in [-0.4, -0.2) is 23.9 Å². The van der Waals surface area contributed by atoms with Gasteiger partial charge in [0.25, 0.3) is 5.69 Å². The molecule has 3 aromatic carbocycles. The number of para-hydroxylation sites is 1. The Bertz CT molecular complexity index is 1380. The molecule has 1 aliphatic carbocycles. The van der Waals surface area contributed by atoms with Crippen molar-refractivity contribution in [2.45, 2.75) is 38.1 Å². The second-order valence-electron chi connectivity index (χ2n) is 9.06. The third-order valence-electron chi connectivity index (χ3n) is 6.70. The molecule has 5 rings (SSSR count). The fraction of sp³-hybridized carbons (Fsp3) is 0.276. The zero-order chi connectivity index (χ0) is 24.9. The Balaban J connectivity index is 1.27. The lowest BCUT2D eigenvalue weighted by Gasteiger charge is -2.19. The standard InChI is InChI=1S/C29H28N2O5/c32-26(21-10-6-11-22(18-21)31(33)34)19-30-25(20-8-2-1-3-9-20)16-17-35-28-15-7-13-24-23-12-4-5-14-27(23)36-29(24)28/h1-3,6-11,13,15,18,25,30H,4-5,12,14,16-17,19H2. The van der Waals surface area contributed by atoms with Crippen molar-refractivity contribution in [3.8, 4) is 5.75 Å². The molecular formula is C29H28N2O5. The maximum absolute atomic E-state index is 12.8. The van der Waals surface area contributed by atoms with Gasteiger partial charge in [0.1, 0.15) is 5.76 Å². The second kappa shape index (κ2) is 10.7. The zero-order valence-electron chi connectivity index (χ0n) is 19.9. The summed E-state index contributed by atoms with van der Waals surface area (Å²) in [6.07, 6.45) is 4.99. The number of nitrogens with zero attached hydrogens (tertiary/aromatic N) is 1. The molecular weight excluding hydrogens is 456 g/mol. The molecule has 7 nitrogen and oxygen atoms in total. The smallest absolute Gasteiger partial charge is 0.270 e. The molecule has 0 amide bonds. The largest absolute Gasteiger partial charge is 0.490 e. The summed E-state index contributed by atoms with van der Waals surface area (Å²) < 4.78 is 12.4. The van der Waals surface area contributed by atoms with Crippen molar-refractivity contribution in [2.24, 2.45) is 0 Å². The molecule has 1 atom stereocenters. The van der Waals surface area contributed by atoms with Gasteiger partial charge in [0.05, 0.1) is 18.1 Å². The van der Waals surface area contributed by atoms with Crippen LogP contribution in [0.25, 0.3) is 11.0 Å². The number of hydrogen-bond acceptors (Lipinski definition) is 6. The highest BCUT2D eigenvalue weighted by Gasteiger charge is 2.20. The van der Waals surface area contributed by atoms with Crippen LogP contribution < -0.4 is 10.1 Å². The van der Waals surface area contributed by atoms with Crippen molar-refractivity contribution in [1.82, 2.24) is 5.32 Å². The van der Waals surface area contributed by atoms with Crippen LogP contribution in [0.2, 0.25) is 0 Å². The van der Waals surface area contributed by atoms with Gasteiger partial charge in [0.2, 0.25) is 0 Å². The number of furan rings is 1. The van der Waals surface area contributed by atoms with E-state index in [0.29, 0.717) is 18.6 Å². The zero-order valence-corrected chi connectivity index (χ0v) is 19.9. The number of nitro groups is 1. The summed E-state index contributed by atoms with van der Waals surface area (Å²) in [6.45, 7) is 0.489. The van der Waals surface area contributed by atoms with Crippen LogP contribution in [0.4, 0.5) is 5.69 Å². The first-order valence-electron chi connectivity index (χ1n) is 12.3. The molecule has 0 fully saturated rings. The number of carbonyl (C=O) groups excluding carboxylic acids is 1. The van der Waals surface area contributed by atoms with Gasteiger partial charge in [-0.3, -0.25) is 14.9 Å². The number of nitro benzene ring substituents is 1. The van der Waals surface area contributed by atoms with Gasteiger partial charge in [-0.25, -0.2) is 0 Å². The van der Waals surface area contributed by atoms with E-state index < -0.39 is 4.92 Å². The van der Waals surface area contributed by atoms with Gasteiger partial charge in [0.15, 0.2) is 17.1 Å². The van der Waals surface area contributed by atoms with Crippen molar-refractivity contribution in [2.75, 3.05) is 13.2 Å². The minimum absolute atomic E-state index is 0.0568. The molecule has 0 spiro atoms. The molecule has 0 saturated heterocycles. The Morgan fingerprint density at radius 1 is 1.03 bits per heavy atom. The molecule has 1 heterocycles. The number of non-ortho nitro benzene ring substituents is 1. The Kier molecular flexibility index (Phi) is 7.09. The highest BCUT2D eigenvalue weighted by molar-refractivity contribution is 5.98. The van der Waals surface area contributed by atoms with Crippen molar-refractivity contribution in [3.05, 3.63) is 105 Å². The number of aryl methyl sites for hydroxylation is 2. The number of Topliss-reactive ketones (excluding diaryl/α,β-unsaturated/α-hetero) is 1. The fourth-order valence-corrected chi connectivity index (χ4v) is 4.84. The molecule has 1 aromatic heterocycles. The van der Waals surface area contributed by atoms with Crippen LogP contribution in [0.3, 0.4) is 0 Å². The van der Waals surface area contributed by atoms with E-state index in [1.54, 1.807) is 6.07 Å². The quantitative estimate of drug-likeness (QED) is 0.164.